The second-order valence-electron chi connectivity index (χ2n) is 5.72. The van der Waals surface area contributed by atoms with E-state index in [9.17, 15) is 12.8 Å². The van der Waals surface area contributed by atoms with Crippen molar-refractivity contribution < 1.29 is 17.2 Å². The number of benzene rings is 1. The molecular formula is C14H16FN3O3S. The minimum Gasteiger partial charge on any atom is -0.407 e. The lowest BCUT2D eigenvalue weighted by molar-refractivity contribution is 0.503. The fourth-order valence-corrected chi connectivity index (χ4v) is 3.30. The van der Waals surface area contributed by atoms with Crippen molar-refractivity contribution in [3.8, 4) is 0 Å². The highest BCUT2D eigenvalue weighted by Crippen LogP contribution is 2.46. The number of sulfonamides is 1. The molecule has 8 heteroatoms. The quantitative estimate of drug-likeness (QED) is 0.913. The van der Waals surface area contributed by atoms with E-state index in [0.29, 0.717) is 11.8 Å². The van der Waals surface area contributed by atoms with Crippen LogP contribution in [0, 0.1) is 18.7 Å². The normalized spacial score (nSPS) is 20.9. The molecule has 2 aromatic rings. The van der Waals surface area contributed by atoms with E-state index in [1.165, 1.54) is 12.1 Å². The maximum Gasteiger partial charge on any atom is 0.329 e. The van der Waals surface area contributed by atoms with E-state index in [1.807, 2.05) is 0 Å². The second kappa shape index (κ2) is 5.35. The van der Waals surface area contributed by atoms with Crippen molar-refractivity contribution in [2.24, 2.45) is 5.92 Å². The number of hydrogen-bond donors (Lipinski definition) is 1. The van der Waals surface area contributed by atoms with E-state index in [-0.39, 0.29) is 17.5 Å². The zero-order valence-electron chi connectivity index (χ0n) is 12.2. The van der Waals surface area contributed by atoms with E-state index in [1.54, 1.807) is 13.0 Å². The predicted molar refractivity (Wildman–Crippen MR) is 78.2 cm³/mol. The Labute approximate surface area is 127 Å². The van der Waals surface area contributed by atoms with Crippen LogP contribution in [0.5, 0.6) is 0 Å². The molecule has 0 saturated heterocycles. The molecule has 22 heavy (non-hydrogen) atoms. The highest BCUT2D eigenvalue weighted by molar-refractivity contribution is 7.91. The van der Waals surface area contributed by atoms with Gasteiger partial charge < -0.3 is 4.42 Å². The average molecular weight is 325 g/mol. The van der Waals surface area contributed by atoms with Crippen LogP contribution in [0.1, 0.15) is 36.3 Å². The fourth-order valence-electron chi connectivity index (χ4n) is 2.24. The first-order valence-electron chi connectivity index (χ1n) is 6.93. The molecule has 0 amide bonds. The Bertz CT molecular complexity index is 803. The van der Waals surface area contributed by atoms with Gasteiger partial charge in [0.2, 0.25) is 15.9 Å². The Morgan fingerprint density at radius 1 is 1.41 bits per heavy atom. The molecule has 118 valence electrons. The number of aromatic nitrogens is 2. The van der Waals surface area contributed by atoms with Crippen molar-refractivity contribution >= 4 is 16.0 Å². The molecule has 0 radical (unpaired) electrons. The molecule has 1 N–H and O–H groups in total. The molecule has 1 heterocycles. The van der Waals surface area contributed by atoms with Gasteiger partial charge in [0.25, 0.3) is 0 Å². The molecule has 2 atom stereocenters. The second-order valence-corrected chi connectivity index (χ2v) is 7.44. The van der Waals surface area contributed by atoms with Crippen LogP contribution < -0.4 is 4.72 Å². The minimum atomic E-state index is -3.81. The Kier molecular flexibility index (Phi) is 3.64. The molecule has 1 saturated carbocycles. The number of halogens is 1. The first-order chi connectivity index (χ1) is 10.3. The molecule has 1 fully saturated rings. The lowest BCUT2D eigenvalue weighted by Crippen LogP contribution is -2.16. The summed E-state index contributed by atoms with van der Waals surface area (Å²) in [6.45, 7) is 3.79. The number of nitrogens with one attached hydrogen (secondary N) is 1. The molecule has 1 aliphatic carbocycles. The molecule has 6 nitrogen and oxygen atoms in total. The summed E-state index contributed by atoms with van der Waals surface area (Å²) in [4.78, 5) is 0. The van der Waals surface area contributed by atoms with E-state index < -0.39 is 21.6 Å². The number of hydrogen-bond acceptors (Lipinski definition) is 5. The lowest BCUT2D eigenvalue weighted by atomic mass is 10.2. The Balaban J connectivity index is 1.71. The van der Waals surface area contributed by atoms with Crippen molar-refractivity contribution in [3.63, 3.8) is 0 Å². The van der Waals surface area contributed by atoms with Crippen molar-refractivity contribution in [1.82, 2.24) is 10.2 Å². The fraction of sp³-hybridized carbons (Fsp3) is 0.429. The number of aryl methyl sites for hydroxylation is 1. The molecule has 2 unspecified atom stereocenters. The average Bonchev–Trinajstić information content (AvgIpc) is 2.96. The van der Waals surface area contributed by atoms with Gasteiger partial charge in [-0.1, -0.05) is 24.2 Å². The van der Waals surface area contributed by atoms with Gasteiger partial charge in [-0.05, 0) is 30.9 Å². The summed E-state index contributed by atoms with van der Waals surface area (Å²) in [5.74, 6) is 0.0818. The Morgan fingerprint density at radius 2 is 2.14 bits per heavy atom. The monoisotopic (exact) mass is 325 g/mol. The summed E-state index contributed by atoms with van der Waals surface area (Å²) in [6, 6.07) is 4.23. The number of nitrogens with zero attached hydrogens (tertiary/aromatic N) is 2. The van der Waals surface area contributed by atoms with E-state index in [4.69, 9.17) is 4.42 Å². The Morgan fingerprint density at radius 3 is 2.77 bits per heavy atom. The summed E-state index contributed by atoms with van der Waals surface area (Å²) in [6.07, 6.45) is 0.961. The highest BCUT2D eigenvalue weighted by Gasteiger charge is 2.39. The predicted octanol–water partition coefficient (Wildman–Crippen LogP) is 2.58. The van der Waals surface area contributed by atoms with Crippen molar-refractivity contribution in [2.45, 2.75) is 31.9 Å². The largest absolute Gasteiger partial charge is 0.407 e. The SMILES string of the molecule is Cc1ccc(CS(=O)(=O)Nc2nnc(C3CC3C)o2)c(F)c1. The third-order valence-corrected chi connectivity index (χ3v) is 4.84. The maximum atomic E-state index is 13.7. The zero-order chi connectivity index (χ0) is 15.9. The first kappa shape index (κ1) is 15.0. The van der Waals surface area contributed by atoms with Crippen LogP contribution >= 0.6 is 0 Å². The highest BCUT2D eigenvalue weighted by atomic mass is 32.2. The molecule has 1 aromatic heterocycles. The molecule has 0 aliphatic heterocycles. The van der Waals surface area contributed by atoms with E-state index in [2.05, 4.69) is 21.8 Å². The minimum absolute atomic E-state index is 0.0913. The molecule has 0 bridgehead atoms. The van der Waals surface area contributed by atoms with Gasteiger partial charge in [0.05, 0.1) is 5.75 Å². The smallest absolute Gasteiger partial charge is 0.329 e. The van der Waals surface area contributed by atoms with Gasteiger partial charge >= 0.3 is 6.01 Å². The third-order valence-electron chi connectivity index (χ3n) is 3.66. The summed E-state index contributed by atoms with van der Waals surface area (Å²) >= 11 is 0. The van der Waals surface area contributed by atoms with E-state index in [0.717, 1.165) is 12.0 Å². The van der Waals surface area contributed by atoms with Crippen LogP contribution in [0.25, 0.3) is 0 Å². The van der Waals surface area contributed by atoms with Crippen molar-refractivity contribution in [2.75, 3.05) is 4.72 Å². The zero-order valence-corrected chi connectivity index (χ0v) is 13.0. The van der Waals surface area contributed by atoms with Gasteiger partial charge in [0.15, 0.2) is 0 Å². The molecule has 3 rings (SSSR count). The van der Waals surface area contributed by atoms with Gasteiger partial charge in [-0.2, -0.15) is 0 Å². The Hall–Kier alpha value is -1.96. The van der Waals surface area contributed by atoms with Crippen LogP contribution in [-0.4, -0.2) is 18.6 Å². The maximum absolute atomic E-state index is 13.7. The van der Waals surface area contributed by atoms with Crippen LogP contribution in [0.3, 0.4) is 0 Å². The first-order valence-corrected chi connectivity index (χ1v) is 8.58. The summed E-state index contributed by atoms with van der Waals surface area (Å²) in [7, 11) is -3.81. The number of anilines is 1. The van der Waals surface area contributed by atoms with Gasteiger partial charge in [0.1, 0.15) is 5.82 Å². The summed E-state index contributed by atoms with van der Waals surface area (Å²) < 4.78 is 45.3. The van der Waals surface area contributed by atoms with Crippen molar-refractivity contribution in [1.29, 1.82) is 0 Å². The van der Waals surface area contributed by atoms with Gasteiger partial charge in [-0.25, -0.2) is 17.5 Å². The van der Waals surface area contributed by atoms with Crippen LogP contribution in [0.2, 0.25) is 0 Å². The summed E-state index contributed by atoms with van der Waals surface area (Å²) in [5.41, 5.74) is 0.820. The number of rotatable bonds is 5. The van der Waals surface area contributed by atoms with E-state index >= 15 is 0 Å². The summed E-state index contributed by atoms with van der Waals surface area (Å²) in [5, 5.41) is 7.51. The third kappa shape index (κ3) is 3.27. The standard InChI is InChI=1S/C14H16FN3O3S/c1-8-3-4-10(12(15)5-8)7-22(19,20)18-14-17-16-13(21-14)11-6-9(11)2/h3-5,9,11H,6-7H2,1-2H3,(H,17,18). The molecular weight excluding hydrogens is 309 g/mol. The van der Waals surface area contributed by atoms with Gasteiger partial charge in [-0.3, -0.25) is 0 Å². The van der Waals surface area contributed by atoms with Crippen LogP contribution in [-0.2, 0) is 15.8 Å². The van der Waals surface area contributed by atoms with Gasteiger partial charge in [0, 0.05) is 11.5 Å². The topological polar surface area (TPSA) is 85.1 Å². The molecule has 0 spiro atoms. The van der Waals surface area contributed by atoms with Gasteiger partial charge in [-0.15, -0.1) is 5.10 Å². The van der Waals surface area contributed by atoms with Crippen LogP contribution in [0.4, 0.5) is 10.4 Å². The molecule has 1 aliphatic rings. The van der Waals surface area contributed by atoms with Crippen molar-refractivity contribution in [3.05, 3.63) is 41.0 Å². The van der Waals surface area contributed by atoms with Crippen LogP contribution in [0.15, 0.2) is 22.6 Å². The molecule has 1 aromatic carbocycles. The lowest BCUT2D eigenvalue weighted by Gasteiger charge is -2.06.